The molecule has 3 N–H and O–H groups in total. The van der Waals surface area contributed by atoms with Gasteiger partial charge in [0.05, 0.1) is 19.6 Å². The molecule has 0 atom stereocenters. The van der Waals surface area contributed by atoms with Crippen molar-refractivity contribution < 1.29 is 18.7 Å². The molecule has 10 heteroatoms. The first-order valence-corrected chi connectivity index (χ1v) is 21.9. The highest BCUT2D eigenvalue weighted by molar-refractivity contribution is 8.76. The Kier molecular flexibility index (Phi) is 18.2. The Balaban J connectivity index is 0.882. The zero-order valence-corrected chi connectivity index (χ0v) is 34.1. The van der Waals surface area contributed by atoms with Crippen molar-refractivity contribution in [2.24, 2.45) is 0 Å². The maximum atomic E-state index is 3.57. The molecule has 0 bridgehead atoms. The van der Waals surface area contributed by atoms with Crippen LogP contribution in [-0.4, -0.2) is 40.7 Å². The standard InChI is InChI=1S/C45H56N8S2/c1-3-46-26-10-7-5-6-8-14-41-16-21-43(22-17-41)47-28-13-30-50-34-35-52(39-50)40-55-54-37-36-51-33-32-49(38-51)29-12-27-48-44-23-18-42(19-24-44)20-25-45-15-9-11-31-53(45)4-2/h5-11,14-26,31-35,38-39H,3-4,12-13,27-30,36-37,40H2,1-2H3,(H,46,47)/q+2/p+2. The van der Waals surface area contributed by atoms with Gasteiger partial charge in [-0.3, -0.25) is 0 Å². The number of anilines is 2. The number of pyridine rings is 1. The maximum Gasteiger partial charge on any atom is 0.244 e. The van der Waals surface area contributed by atoms with Crippen molar-refractivity contribution in [2.75, 3.05) is 36.0 Å². The van der Waals surface area contributed by atoms with E-state index in [-0.39, 0.29) is 0 Å². The Bertz CT molecular complexity index is 1970. The number of allylic oxidation sites excluding steroid dienone is 5. The fraction of sp³-hybridized carbons (Fsp3) is 0.289. The summed E-state index contributed by atoms with van der Waals surface area (Å²) in [6.45, 7) is 11.0. The number of aromatic nitrogens is 5. The van der Waals surface area contributed by atoms with Gasteiger partial charge in [0.25, 0.3) is 0 Å². The lowest BCUT2D eigenvalue weighted by molar-refractivity contribution is -0.696. The second-order valence-corrected chi connectivity index (χ2v) is 15.6. The number of imidazole rings is 2. The Morgan fingerprint density at radius 1 is 0.655 bits per heavy atom. The van der Waals surface area contributed by atoms with Gasteiger partial charge in [0.15, 0.2) is 12.4 Å². The molecule has 286 valence electrons. The fourth-order valence-corrected chi connectivity index (χ4v) is 7.69. The van der Waals surface area contributed by atoms with Crippen LogP contribution >= 0.6 is 21.6 Å². The van der Waals surface area contributed by atoms with E-state index in [9.17, 15) is 0 Å². The number of rotatable bonds is 24. The van der Waals surface area contributed by atoms with Gasteiger partial charge in [-0.2, -0.15) is 4.57 Å². The monoisotopic (exact) mass is 774 g/mol. The SMILES string of the molecule is CC[NH+]=C\C=C/C=C/C=C/c1ccc(NCCCn2cc[n+](CSSCCn3cc[n+](CCCNc4ccc(/C=C/c5cccc[n+]5CC)cc4)c3)c2)cc1. The third kappa shape index (κ3) is 15.7. The highest BCUT2D eigenvalue weighted by Gasteiger charge is 2.07. The van der Waals surface area contributed by atoms with Crippen LogP contribution in [0.4, 0.5) is 11.4 Å². The van der Waals surface area contributed by atoms with Gasteiger partial charge in [-0.1, -0.05) is 65.4 Å². The van der Waals surface area contributed by atoms with E-state index in [1.807, 2.05) is 52.1 Å². The number of nitrogens with one attached hydrogen (secondary N) is 3. The first-order valence-electron chi connectivity index (χ1n) is 19.4. The number of hydrogen-bond donors (Lipinski definition) is 3. The molecule has 55 heavy (non-hydrogen) atoms. The number of nitrogens with zero attached hydrogens (tertiary/aromatic N) is 5. The van der Waals surface area contributed by atoms with Crippen molar-refractivity contribution in [1.29, 1.82) is 0 Å². The minimum absolute atomic E-state index is 0.940. The first-order chi connectivity index (χ1) is 27.2. The van der Waals surface area contributed by atoms with E-state index < -0.39 is 0 Å². The summed E-state index contributed by atoms with van der Waals surface area (Å²) in [6, 6.07) is 23.6. The molecule has 3 aromatic heterocycles. The summed E-state index contributed by atoms with van der Waals surface area (Å²) >= 11 is 0. The van der Waals surface area contributed by atoms with E-state index in [0.717, 1.165) is 81.7 Å². The van der Waals surface area contributed by atoms with Crippen molar-refractivity contribution in [1.82, 2.24) is 9.13 Å². The largest absolute Gasteiger partial charge is 0.385 e. The van der Waals surface area contributed by atoms with Crippen molar-refractivity contribution in [3.63, 3.8) is 0 Å². The Hall–Kier alpha value is -5.06. The van der Waals surface area contributed by atoms with Gasteiger partial charge in [0.2, 0.25) is 18.3 Å². The molecule has 0 unspecified atom stereocenters. The summed E-state index contributed by atoms with van der Waals surface area (Å²) < 4.78 is 11.4. The molecule has 5 aromatic rings. The second kappa shape index (κ2) is 24.4. The van der Waals surface area contributed by atoms with Crippen LogP contribution < -0.4 is 29.3 Å². The van der Waals surface area contributed by atoms with Crippen molar-refractivity contribution in [3.8, 4) is 0 Å². The minimum atomic E-state index is 0.940. The van der Waals surface area contributed by atoms with Crippen molar-refractivity contribution in [3.05, 3.63) is 158 Å². The molecule has 8 nitrogen and oxygen atoms in total. The molecular formula is C45H58N8S2+4. The molecule has 0 spiro atoms. The number of hydrogen-bond acceptors (Lipinski definition) is 4. The third-order valence-electron chi connectivity index (χ3n) is 8.79. The summed E-state index contributed by atoms with van der Waals surface area (Å²) in [5.41, 5.74) is 5.92. The van der Waals surface area contributed by atoms with Gasteiger partial charge >= 0.3 is 0 Å². The second-order valence-electron chi connectivity index (χ2n) is 13.0. The molecule has 0 saturated carbocycles. The van der Waals surface area contributed by atoms with Crippen LogP contribution in [0.3, 0.4) is 0 Å². The quantitative estimate of drug-likeness (QED) is 0.0216. The van der Waals surface area contributed by atoms with Crippen LogP contribution in [0.5, 0.6) is 0 Å². The molecule has 0 saturated heterocycles. The van der Waals surface area contributed by atoms with Gasteiger partial charge in [-0.25, -0.2) is 23.3 Å². The average Bonchev–Trinajstić information content (AvgIpc) is 3.88. The van der Waals surface area contributed by atoms with Crippen LogP contribution in [-0.2, 0) is 32.1 Å². The summed E-state index contributed by atoms with van der Waals surface area (Å²) in [7, 11) is 3.84. The topological polar surface area (TPSA) is 59.5 Å². The first kappa shape index (κ1) is 41.1. The van der Waals surface area contributed by atoms with E-state index in [1.54, 1.807) is 0 Å². The highest BCUT2D eigenvalue weighted by atomic mass is 33.1. The Labute approximate surface area is 336 Å². The number of aryl methyl sites for hydroxylation is 4. The van der Waals surface area contributed by atoms with Crippen LogP contribution in [0.2, 0.25) is 0 Å². The summed E-state index contributed by atoms with van der Waals surface area (Å²) in [5.74, 6) is 2.02. The average molecular weight is 775 g/mol. The lowest BCUT2D eigenvalue weighted by Crippen LogP contribution is -2.67. The molecule has 0 fully saturated rings. The summed E-state index contributed by atoms with van der Waals surface area (Å²) in [6.07, 6.45) is 36.0. The zero-order valence-electron chi connectivity index (χ0n) is 32.4. The third-order valence-corrected chi connectivity index (χ3v) is 11.0. The van der Waals surface area contributed by atoms with E-state index in [0.29, 0.717) is 0 Å². The molecule has 0 radical (unpaired) electrons. The molecule has 0 aliphatic heterocycles. The van der Waals surface area contributed by atoms with Crippen LogP contribution in [0.15, 0.2) is 141 Å². The van der Waals surface area contributed by atoms with Crippen molar-refractivity contribution >= 4 is 57.4 Å². The van der Waals surface area contributed by atoms with Gasteiger partial charge in [-0.15, -0.1) is 0 Å². The lowest BCUT2D eigenvalue weighted by atomic mass is 10.1. The van der Waals surface area contributed by atoms with Crippen LogP contribution in [0.25, 0.3) is 18.2 Å². The summed E-state index contributed by atoms with van der Waals surface area (Å²) in [5, 5.41) is 7.12. The van der Waals surface area contributed by atoms with E-state index in [2.05, 4.69) is 187 Å². The minimum Gasteiger partial charge on any atom is -0.385 e. The number of benzene rings is 2. The molecular weight excluding hydrogens is 717 g/mol. The highest BCUT2D eigenvalue weighted by Crippen LogP contribution is 2.21. The molecule has 5 rings (SSSR count). The van der Waals surface area contributed by atoms with Gasteiger partial charge in [0, 0.05) is 67.3 Å². The van der Waals surface area contributed by atoms with Crippen LogP contribution in [0.1, 0.15) is 43.5 Å². The zero-order chi connectivity index (χ0) is 38.2. The van der Waals surface area contributed by atoms with E-state index in [4.69, 9.17) is 0 Å². The van der Waals surface area contributed by atoms with E-state index in [1.165, 1.54) is 16.8 Å². The van der Waals surface area contributed by atoms with Gasteiger partial charge in [0.1, 0.15) is 43.8 Å². The molecule has 0 aliphatic rings. The molecule has 3 heterocycles. The smallest absolute Gasteiger partial charge is 0.244 e. The Morgan fingerprint density at radius 2 is 1.33 bits per heavy atom. The van der Waals surface area contributed by atoms with Gasteiger partial charge in [-0.05, 0) is 72.2 Å². The van der Waals surface area contributed by atoms with Gasteiger partial charge < -0.3 is 10.6 Å². The predicted molar refractivity (Wildman–Crippen MR) is 235 cm³/mol. The summed E-state index contributed by atoms with van der Waals surface area (Å²) in [4.78, 5) is 3.15. The lowest BCUT2D eigenvalue weighted by Gasteiger charge is -2.06. The Morgan fingerprint density at radius 3 is 2.09 bits per heavy atom. The maximum absolute atomic E-state index is 3.57. The van der Waals surface area contributed by atoms with Crippen LogP contribution in [0, 0.1) is 0 Å². The predicted octanol–water partition coefficient (Wildman–Crippen LogP) is 6.68. The molecule has 2 aromatic carbocycles. The molecule has 0 amide bonds. The van der Waals surface area contributed by atoms with E-state index >= 15 is 0 Å². The fourth-order valence-electron chi connectivity index (χ4n) is 5.77. The van der Waals surface area contributed by atoms with Crippen molar-refractivity contribution in [2.45, 2.75) is 58.7 Å². The molecule has 0 aliphatic carbocycles. The normalized spacial score (nSPS) is 12.0.